The Morgan fingerprint density at radius 2 is 1.59 bits per heavy atom. The van der Waals surface area contributed by atoms with Crippen LogP contribution in [0, 0.1) is 0 Å². The Morgan fingerprint density at radius 3 is 2.16 bits per heavy atom. The van der Waals surface area contributed by atoms with Crippen LogP contribution in [-0.2, 0) is 14.8 Å². The predicted octanol–water partition coefficient (Wildman–Crippen LogP) is 3.24. The van der Waals surface area contributed by atoms with Crippen molar-refractivity contribution in [3.8, 4) is 0 Å². The number of amides is 1. The van der Waals surface area contributed by atoms with E-state index in [2.05, 4.69) is 4.72 Å². The van der Waals surface area contributed by atoms with Gasteiger partial charge in [0.15, 0.2) is 0 Å². The first-order valence-corrected chi connectivity index (χ1v) is 11.8. The number of thioether (sulfide) groups is 1. The van der Waals surface area contributed by atoms with Crippen LogP contribution >= 0.6 is 11.8 Å². The second-order valence-electron chi connectivity index (χ2n) is 6.72. The number of rotatable bonds is 6. The summed E-state index contributed by atoms with van der Waals surface area (Å²) in [4.78, 5) is 24.3. The van der Waals surface area contributed by atoms with Gasteiger partial charge in [-0.1, -0.05) is 0 Å². The molecule has 0 saturated carbocycles. The molecular weight excluding hydrogens is 471 g/mol. The summed E-state index contributed by atoms with van der Waals surface area (Å²) >= 11 is 1.76. The van der Waals surface area contributed by atoms with E-state index in [0.29, 0.717) is 18.8 Å². The van der Waals surface area contributed by atoms with E-state index in [1.165, 1.54) is 18.2 Å². The van der Waals surface area contributed by atoms with Gasteiger partial charge in [-0.25, -0.2) is 13.2 Å². The van der Waals surface area contributed by atoms with Gasteiger partial charge in [0.05, 0.1) is 16.1 Å². The largest absolute Gasteiger partial charge is 0.478 e. The fourth-order valence-electron chi connectivity index (χ4n) is 2.98. The summed E-state index contributed by atoms with van der Waals surface area (Å²) < 4.78 is 64.5. The van der Waals surface area contributed by atoms with E-state index in [1.54, 1.807) is 17.1 Å². The van der Waals surface area contributed by atoms with Crippen molar-refractivity contribution in [1.29, 1.82) is 0 Å². The van der Waals surface area contributed by atoms with Gasteiger partial charge in [0.2, 0.25) is 0 Å². The molecule has 0 aliphatic carbocycles. The number of benzene rings is 2. The quantitative estimate of drug-likeness (QED) is 0.571. The molecule has 1 aliphatic rings. The number of aromatic carboxylic acids is 1. The highest BCUT2D eigenvalue weighted by molar-refractivity contribution is 7.99. The highest BCUT2D eigenvalue weighted by atomic mass is 32.2. The Hall–Kier alpha value is -2.93. The maximum atomic E-state index is 12.6. The number of sulfonamides is 1. The molecule has 1 fully saturated rings. The van der Waals surface area contributed by atoms with Crippen LogP contribution in [0.25, 0.3) is 0 Å². The normalized spacial score (nSPS) is 14.7. The molecule has 1 aliphatic heterocycles. The van der Waals surface area contributed by atoms with Crippen LogP contribution in [0.3, 0.4) is 0 Å². The number of hydrogen-bond acceptors (Lipinski definition) is 6. The first kappa shape index (κ1) is 23.7. The zero-order valence-corrected chi connectivity index (χ0v) is 18.0. The molecule has 0 spiro atoms. The van der Waals surface area contributed by atoms with Gasteiger partial charge >= 0.3 is 18.1 Å². The van der Waals surface area contributed by atoms with Crippen molar-refractivity contribution in [3.63, 3.8) is 0 Å². The lowest BCUT2D eigenvalue weighted by Gasteiger charge is -2.29. The first-order chi connectivity index (χ1) is 15.0. The lowest BCUT2D eigenvalue weighted by atomic mass is 10.1. The van der Waals surface area contributed by atoms with Gasteiger partial charge in [0.1, 0.15) is 0 Å². The number of hydrogen-bond donors (Lipinski definition) is 3. The standard InChI is InChI=1S/C19H18F3N3O5S2/c20-19(21,22)18(28)23-12-1-4-14(5-2-12)32(29,30)24-13-3-6-16(15(11-13)17(26)27)25-7-9-31-10-8-25/h1-6,11,24H,7-10H2,(H,23,28)(H,26,27). The summed E-state index contributed by atoms with van der Waals surface area (Å²) in [5.74, 6) is -1.68. The van der Waals surface area contributed by atoms with E-state index in [1.807, 2.05) is 4.90 Å². The van der Waals surface area contributed by atoms with Crippen LogP contribution in [0.2, 0.25) is 0 Å². The summed E-state index contributed by atoms with van der Waals surface area (Å²) in [6.07, 6.45) is -5.08. The maximum Gasteiger partial charge on any atom is 0.471 e. The fourth-order valence-corrected chi connectivity index (χ4v) is 4.94. The molecule has 3 N–H and O–H groups in total. The van der Waals surface area contributed by atoms with Gasteiger partial charge in [-0.05, 0) is 42.5 Å². The SMILES string of the molecule is O=C(O)c1cc(NS(=O)(=O)c2ccc(NC(=O)C(F)(F)F)cc2)ccc1N1CCSCC1. The Balaban J connectivity index is 1.79. The molecule has 1 amide bonds. The molecule has 0 unspecified atom stereocenters. The molecule has 32 heavy (non-hydrogen) atoms. The second kappa shape index (κ2) is 9.28. The fraction of sp³-hybridized carbons (Fsp3) is 0.263. The van der Waals surface area contributed by atoms with E-state index in [9.17, 15) is 36.3 Å². The lowest BCUT2D eigenvalue weighted by molar-refractivity contribution is -0.167. The maximum absolute atomic E-state index is 12.6. The number of halogens is 3. The minimum absolute atomic E-state index is 0.0204. The Kier molecular flexibility index (Phi) is 6.88. The zero-order valence-electron chi connectivity index (χ0n) is 16.3. The summed E-state index contributed by atoms with van der Waals surface area (Å²) in [5.41, 5.74) is 0.225. The van der Waals surface area contributed by atoms with Gasteiger partial charge in [-0.3, -0.25) is 9.52 Å². The van der Waals surface area contributed by atoms with E-state index in [4.69, 9.17) is 0 Å². The molecule has 8 nitrogen and oxygen atoms in total. The van der Waals surface area contributed by atoms with Crippen molar-refractivity contribution in [3.05, 3.63) is 48.0 Å². The molecule has 172 valence electrons. The summed E-state index contributed by atoms with van der Waals surface area (Å²) in [6, 6.07) is 8.26. The Labute approximate surface area is 185 Å². The van der Waals surface area contributed by atoms with Crippen molar-refractivity contribution in [2.24, 2.45) is 0 Å². The third kappa shape index (κ3) is 5.65. The third-order valence-corrected chi connectivity index (χ3v) is 6.85. The molecule has 1 heterocycles. The number of carboxylic acid groups (broad SMARTS) is 1. The number of nitrogens with zero attached hydrogens (tertiary/aromatic N) is 1. The topological polar surface area (TPSA) is 116 Å². The van der Waals surface area contributed by atoms with Gasteiger partial charge in [-0.2, -0.15) is 24.9 Å². The number of carboxylic acids is 1. The number of nitrogens with one attached hydrogen (secondary N) is 2. The first-order valence-electron chi connectivity index (χ1n) is 9.18. The second-order valence-corrected chi connectivity index (χ2v) is 9.63. The molecule has 0 bridgehead atoms. The minimum Gasteiger partial charge on any atom is -0.478 e. The van der Waals surface area contributed by atoms with Gasteiger partial charge in [0.25, 0.3) is 10.0 Å². The van der Waals surface area contributed by atoms with Crippen LogP contribution in [0.4, 0.5) is 30.2 Å². The monoisotopic (exact) mass is 489 g/mol. The van der Waals surface area contributed by atoms with Crippen molar-refractivity contribution in [2.45, 2.75) is 11.1 Å². The van der Waals surface area contributed by atoms with Crippen LogP contribution in [-0.4, -0.2) is 56.2 Å². The molecule has 3 rings (SSSR count). The molecule has 0 atom stereocenters. The van der Waals surface area contributed by atoms with Crippen molar-refractivity contribution >= 4 is 50.7 Å². The predicted molar refractivity (Wildman–Crippen MR) is 115 cm³/mol. The van der Waals surface area contributed by atoms with Crippen LogP contribution < -0.4 is 14.9 Å². The molecule has 2 aromatic rings. The molecule has 13 heteroatoms. The average Bonchev–Trinajstić information content (AvgIpc) is 2.73. The van der Waals surface area contributed by atoms with E-state index >= 15 is 0 Å². The van der Waals surface area contributed by atoms with E-state index in [-0.39, 0.29) is 21.8 Å². The Bertz CT molecular complexity index is 1120. The van der Waals surface area contributed by atoms with Crippen molar-refractivity contribution in [2.75, 3.05) is 39.5 Å². The van der Waals surface area contributed by atoms with Gasteiger partial charge < -0.3 is 15.3 Å². The van der Waals surface area contributed by atoms with Crippen molar-refractivity contribution < 1.29 is 36.3 Å². The zero-order chi connectivity index (χ0) is 23.5. The number of carbonyl (C=O) groups is 2. The smallest absolute Gasteiger partial charge is 0.471 e. The van der Waals surface area contributed by atoms with Crippen LogP contribution in [0.5, 0.6) is 0 Å². The lowest BCUT2D eigenvalue weighted by Crippen LogP contribution is -2.33. The van der Waals surface area contributed by atoms with E-state index in [0.717, 1.165) is 35.8 Å². The summed E-state index contributed by atoms with van der Waals surface area (Å²) in [5, 5.41) is 11.2. The number of alkyl halides is 3. The van der Waals surface area contributed by atoms with E-state index < -0.39 is 28.1 Å². The molecule has 2 aromatic carbocycles. The summed E-state index contributed by atoms with van der Waals surface area (Å²) in [6.45, 7) is 1.35. The average molecular weight is 489 g/mol. The highest BCUT2D eigenvalue weighted by Crippen LogP contribution is 2.28. The van der Waals surface area contributed by atoms with Crippen LogP contribution in [0.1, 0.15) is 10.4 Å². The molecular formula is C19H18F3N3O5S2. The van der Waals surface area contributed by atoms with Gasteiger partial charge in [0, 0.05) is 36.0 Å². The highest BCUT2D eigenvalue weighted by Gasteiger charge is 2.38. The van der Waals surface area contributed by atoms with Crippen LogP contribution in [0.15, 0.2) is 47.4 Å². The van der Waals surface area contributed by atoms with Crippen molar-refractivity contribution in [1.82, 2.24) is 0 Å². The number of anilines is 3. The molecule has 0 aromatic heterocycles. The summed E-state index contributed by atoms with van der Waals surface area (Å²) in [7, 11) is -4.16. The third-order valence-electron chi connectivity index (χ3n) is 4.51. The Morgan fingerprint density at radius 1 is 1.00 bits per heavy atom. The number of carbonyl (C=O) groups excluding carboxylic acids is 1. The van der Waals surface area contributed by atoms with Gasteiger partial charge in [-0.15, -0.1) is 0 Å². The minimum atomic E-state index is -5.08. The molecule has 1 saturated heterocycles. The molecule has 0 radical (unpaired) electrons.